The molecule has 0 heterocycles. The van der Waals surface area contributed by atoms with Gasteiger partial charge in [-0.1, -0.05) is 25.5 Å². The zero-order valence-corrected chi connectivity index (χ0v) is 7.46. The molecule has 1 heteroatoms. The van der Waals surface area contributed by atoms with Crippen molar-refractivity contribution in [2.24, 2.45) is 17.3 Å². The van der Waals surface area contributed by atoms with Gasteiger partial charge in [-0.25, -0.2) is 0 Å². The first kappa shape index (κ1) is 7.35. The minimum absolute atomic E-state index is 0.171. The molecule has 1 N–H and O–H groups in total. The van der Waals surface area contributed by atoms with Crippen LogP contribution in [0.1, 0.15) is 27.2 Å². The van der Waals surface area contributed by atoms with Gasteiger partial charge >= 0.3 is 0 Å². The molecule has 0 aromatic carbocycles. The second kappa shape index (κ2) is 1.89. The van der Waals surface area contributed by atoms with Crippen molar-refractivity contribution in [1.82, 2.24) is 0 Å². The molecular weight excluding hydrogens is 136 g/mol. The van der Waals surface area contributed by atoms with Crippen LogP contribution in [0.4, 0.5) is 0 Å². The number of allylic oxidation sites excluding steroid dienone is 1. The Labute approximate surface area is 68.1 Å². The molecule has 0 aromatic rings. The topological polar surface area (TPSA) is 20.2 Å². The highest BCUT2D eigenvalue weighted by Gasteiger charge is 2.53. The summed E-state index contributed by atoms with van der Waals surface area (Å²) >= 11 is 0. The van der Waals surface area contributed by atoms with Crippen LogP contribution in [0.2, 0.25) is 0 Å². The number of aliphatic hydroxyl groups is 1. The molecule has 11 heavy (non-hydrogen) atoms. The highest BCUT2D eigenvalue weighted by Crippen LogP contribution is 2.58. The first-order valence-electron chi connectivity index (χ1n) is 4.40. The van der Waals surface area contributed by atoms with Crippen molar-refractivity contribution in [3.63, 3.8) is 0 Å². The molecule has 0 aromatic heterocycles. The fourth-order valence-electron chi connectivity index (χ4n) is 2.81. The number of hydrogen-bond acceptors (Lipinski definition) is 1. The molecule has 0 spiro atoms. The molecule has 0 saturated heterocycles. The second-order valence-corrected chi connectivity index (χ2v) is 4.62. The highest BCUT2D eigenvalue weighted by atomic mass is 16.3. The van der Waals surface area contributed by atoms with Crippen molar-refractivity contribution < 1.29 is 5.11 Å². The molecule has 2 bridgehead atoms. The number of fused-ring (bicyclic) bond motifs is 1. The smallest absolute Gasteiger partial charge is 0.0757 e. The lowest BCUT2D eigenvalue weighted by Crippen LogP contribution is -2.53. The van der Waals surface area contributed by atoms with Crippen molar-refractivity contribution in [3.05, 3.63) is 11.6 Å². The van der Waals surface area contributed by atoms with Gasteiger partial charge in [-0.2, -0.15) is 0 Å². The van der Waals surface area contributed by atoms with E-state index in [0.717, 1.165) is 5.92 Å². The van der Waals surface area contributed by atoms with Gasteiger partial charge in [0.05, 0.1) is 6.10 Å². The molecule has 0 aliphatic heterocycles. The van der Waals surface area contributed by atoms with Gasteiger partial charge in [0.15, 0.2) is 0 Å². The molecule has 3 atom stereocenters. The maximum atomic E-state index is 9.65. The maximum absolute atomic E-state index is 9.65. The Bertz CT molecular complexity index is 215. The Morgan fingerprint density at radius 1 is 1.55 bits per heavy atom. The van der Waals surface area contributed by atoms with E-state index in [4.69, 9.17) is 0 Å². The summed E-state index contributed by atoms with van der Waals surface area (Å²) in [6.45, 7) is 6.68. The summed E-state index contributed by atoms with van der Waals surface area (Å²) in [5, 5.41) is 9.65. The van der Waals surface area contributed by atoms with Gasteiger partial charge in [0.2, 0.25) is 0 Å². The lowest BCUT2D eigenvalue weighted by Gasteiger charge is -2.57. The van der Waals surface area contributed by atoms with Gasteiger partial charge in [-0.3, -0.25) is 0 Å². The standard InChI is InChI=1S/C10H16O/c1-6-4-9(11)8-5-7(6)10(8,2)3/h4,7-9,11H,5H2,1-3H3/t7-,8+,9?/m1/s1. The fourth-order valence-corrected chi connectivity index (χ4v) is 2.81. The van der Waals surface area contributed by atoms with E-state index in [-0.39, 0.29) is 6.10 Å². The summed E-state index contributed by atoms with van der Waals surface area (Å²) in [5.74, 6) is 1.27. The minimum atomic E-state index is -0.171. The first-order valence-corrected chi connectivity index (χ1v) is 4.40. The quantitative estimate of drug-likeness (QED) is 0.526. The summed E-state index contributed by atoms with van der Waals surface area (Å²) < 4.78 is 0. The van der Waals surface area contributed by atoms with Crippen molar-refractivity contribution >= 4 is 0 Å². The van der Waals surface area contributed by atoms with Gasteiger partial charge in [0, 0.05) is 0 Å². The lowest BCUT2D eigenvalue weighted by molar-refractivity contribution is -0.0760. The summed E-state index contributed by atoms with van der Waals surface area (Å²) in [5.41, 5.74) is 1.75. The van der Waals surface area contributed by atoms with Crippen LogP contribution in [0.5, 0.6) is 0 Å². The zero-order valence-electron chi connectivity index (χ0n) is 7.46. The summed E-state index contributed by atoms with van der Waals surface area (Å²) in [7, 11) is 0. The van der Waals surface area contributed by atoms with Crippen LogP contribution < -0.4 is 0 Å². The maximum Gasteiger partial charge on any atom is 0.0757 e. The Morgan fingerprint density at radius 3 is 2.55 bits per heavy atom. The fraction of sp³-hybridized carbons (Fsp3) is 0.800. The van der Waals surface area contributed by atoms with Gasteiger partial charge in [0.1, 0.15) is 0 Å². The average molecular weight is 152 g/mol. The molecule has 0 amide bonds. The Morgan fingerprint density at radius 2 is 2.18 bits per heavy atom. The summed E-state index contributed by atoms with van der Waals surface area (Å²) in [6.07, 6.45) is 3.07. The molecule has 0 radical (unpaired) electrons. The zero-order chi connectivity index (χ0) is 8.22. The third kappa shape index (κ3) is 0.750. The number of aliphatic hydroxyl groups excluding tert-OH is 1. The van der Waals surface area contributed by atoms with Crippen molar-refractivity contribution in [2.45, 2.75) is 33.3 Å². The Hall–Kier alpha value is -0.300. The van der Waals surface area contributed by atoms with Crippen LogP contribution >= 0.6 is 0 Å². The predicted molar refractivity (Wildman–Crippen MR) is 45.1 cm³/mol. The molecule has 1 saturated carbocycles. The predicted octanol–water partition coefficient (Wildman–Crippen LogP) is 1.97. The third-order valence-corrected chi connectivity index (χ3v) is 3.74. The SMILES string of the molecule is CC1=CC(O)[C@@H]2C[C@H]1C2(C)C. The van der Waals surface area contributed by atoms with Crippen LogP contribution in [0.25, 0.3) is 0 Å². The van der Waals surface area contributed by atoms with Crippen molar-refractivity contribution in [1.29, 1.82) is 0 Å². The van der Waals surface area contributed by atoms with E-state index >= 15 is 0 Å². The van der Waals surface area contributed by atoms with Gasteiger partial charge in [-0.05, 0) is 30.6 Å². The summed E-state index contributed by atoms with van der Waals surface area (Å²) in [6, 6.07) is 0. The monoisotopic (exact) mass is 152 g/mol. The van der Waals surface area contributed by atoms with Crippen molar-refractivity contribution in [3.8, 4) is 0 Å². The molecule has 3 aliphatic rings. The van der Waals surface area contributed by atoms with Crippen LogP contribution in [0.15, 0.2) is 11.6 Å². The largest absolute Gasteiger partial charge is 0.389 e. The van der Waals surface area contributed by atoms with E-state index in [2.05, 4.69) is 20.8 Å². The highest BCUT2D eigenvalue weighted by molar-refractivity contribution is 5.24. The average Bonchev–Trinajstić information content (AvgIpc) is 1.84. The van der Waals surface area contributed by atoms with Gasteiger partial charge < -0.3 is 5.11 Å². The van der Waals surface area contributed by atoms with E-state index in [1.165, 1.54) is 12.0 Å². The number of hydrogen-bond donors (Lipinski definition) is 1. The molecule has 1 nitrogen and oxygen atoms in total. The lowest BCUT2D eigenvalue weighted by atomic mass is 9.48. The van der Waals surface area contributed by atoms with E-state index in [9.17, 15) is 5.11 Å². The van der Waals surface area contributed by atoms with Gasteiger partial charge in [-0.15, -0.1) is 0 Å². The van der Waals surface area contributed by atoms with Crippen molar-refractivity contribution in [2.75, 3.05) is 0 Å². The van der Waals surface area contributed by atoms with Crippen LogP contribution in [0.3, 0.4) is 0 Å². The minimum Gasteiger partial charge on any atom is -0.389 e. The first-order chi connectivity index (χ1) is 5.03. The van der Waals surface area contributed by atoms with E-state index in [1.54, 1.807) is 0 Å². The second-order valence-electron chi connectivity index (χ2n) is 4.62. The molecule has 3 aliphatic carbocycles. The Kier molecular flexibility index (Phi) is 1.26. The molecule has 62 valence electrons. The third-order valence-electron chi connectivity index (χ3n) is 3.74. The van der Waals surface area contributed by atoms with Crippen LogP contribution in [0, 0.1) is 17.3 Å². The molecule has 1 unspecified atom stereocenters. The summed E-state index contributed by atoms with van der Waals surface area (Å²) in [4.78, 5) is 0. The number of rotatable bonds is 0. The normalized spacial score (nSPS) is 46.2. The molecule has 3 rings (SSSR count). The van der Waals surface area contributed by atoms with Crippen LogP contribution in [-0.4, -0.2) is 11.2 Å². The molecular formula is C10H16O. The van der Waals surface area contributed by atoms with E-state index in [1.807, 2.05) is 6.08 Å². The molecule has 1 fully saturated rings. The Balaban J connectivity index is 2.34. The van der Waals surface area contributed by atoms with Crippen LogP contribution in [-0.2, 0) is 0 Å². The van der Waals surface area contributed by atoms with E-state index < -0.39 is 0 Å². The van der Waals surface area contributed by atoms with E-state index in [0.29, 0.717) is 11.3 Å². The van der Waals surface area contributed by atoms with Gasteiger partial charge in [0.25, 0.3) is 0 Å².